The Hall–Kier alpha value is -5.02. The molecule has 1 aromatic heterocycles. The van der Waals surface area contributed by atoms with Crippen LogP contribution in [-0.4, -0.2) is 41.9 Å². The number of hydrogen-bond donors (Lipinski definition) is 0. The zero-order chi connectivity index (χ0) is 29.1. The van der Waals surface area contributed by atoms with Crippen LogP contribution in [0.2, 0.25) is 0 Å². The Morgan fingerprint density at radius 3 is 1.00 bits per heavy atom. The minimum atomic E-state index is 0.645. The molecule has 5 heteroatoms. The third-order valence-corrected chi connectivity index (χ3v) is 7.36. The summed E-state index contributed by atoms with van der Waals surface area (Å²) >= 11 is 0. The van der Waals surface area contributed by atoms with Crippen molar-refractivity contribution < 1.29 is 0 Å². The van der Waals surface area contributed by atoms with Crippen LogP contribution >= 0.6 is 0 Å². The van der Waals surface area contributed by atoms with Gasteiger partial charge in [0, 0.05) is 5.56 Å². The molecule has 3 nitrogen and oxygen atoms in total. The van der Waals surface area contributed by atoms with E-state index < -0.39 is 0 Å². The SMILES string of the molecule is B=Cc1ccc(-c2ccc(-c3nc(-c4ccc(-c5ccc(C=B)cc5)cc4)nc(-c4cc(C)cc(C)c4)n3)cc2)cc1. The van der Waals surface area contributed by atoms with Crippen LogP contribution in [0.15, 0.2) is 115 Å². The van der Waals surface area contributed by atoms with Crippen molar-refractivity contribution in [1.82, 2.24) is 15.0 Å². The first-order chi connectivity index (χ1) is 20.5. The fourth-order valence-electron chi connectivity index (χ4n) is 5.11. The van der Waals surface area contributed by atoms with Gasteiger partial charge in [-0.2, -0.15) is 0 Å². The molecule has 0 saturated carbocycles. The van der Waals surface area contributed by atoms with Crippen molar-refractivity contribution in [2.75, 3.05) is 0 Å². The average molecular weight is 537 g/mol. The first-order valence-electron chi connectivity index (χ1n) is 14.0. The van der Waals surface area contributed by atoms with Gasteiger partial charge in [-0.3, -0.25) is 0 Å². The molecule has 0 N–H and O–H groups in total. The summed E-state index contributed by atoms with van der Waals surface area (Å²) in [7, 11) is 7.70. The topological polar surface area (TPSA) is 38.7 Å². The Balaban J connectivity index is 1.40. The predicted molar refractivity (Wildman–Crippen MR) is 181 cm³/mol. The van der Waals surface area contributed by atoms with Gasteiger partial charge in [0.05, 0.1) is 0 Å². The van der Waals surface area contributed by atoms with Gasteiger partial charge >= 0.3 is 201 Å². The van der Waals surface area contributed by atoms with Crippen molar-refractivity contribution in [3.8, 4) is 56.4 Å². The van der Waals surface area contributed by atoms with Crippen LogP contribution in [0.4, 0.5) is 0 Å². The van der Waals surface area contributed by atoms with Gasteiger partial charge < -0.3 is 0 Å². The number of aromatic nitrogens is 3. The molecule has 0 fully saturated rings. The molecule has 198 valence electrons. The molecule has 5 aromatic carbocycles. The molecule has 6 rings (SSSR count). The molecule has 1 heterocycles. The Morgan fingerprint density at radius 2 is 0.667 bits per heavy atom. The maximum absolute atomic E-state index is 4.95. The van der Waals surface area contributed by atoms with E-state index in [9.17, 15) is 0 Å². The van der Waals surface area contributed by atoms with Gasteiger partial charge in [0.1, 0.15) is 0 Å². The molecule has 0 amide bonds. The van der Waals surface area contributed by atoms with E-state index in [-0.39, 0.29) is 0 Å². The van der Waals surface area contributed by atoms with E-state index in [1.807, 2.05) is 11.9 Å². The van der Waals surface area contributed by atoms with Crippen molar-refractivity contribution >= 4 is 26.9 Å². The first kappa shape index (κ1) is 27.2. The summed E-state index contributed by atoms with van der Waals surface area (Å²) in [5.74, 6) is 5.66. The number of nitrogens with zero attached hydrogens (tertiary/aromatic N) is 3. The molecule has 0 unspecified atom stereocenters. The van der Waals surface area contributed by atoms with Crippen molar-refractivity contribution in [2.24, 2.45) is 0 Å². The molecular weight excluding hydrogens is 508 g/mol. The summed E-state index contributed by atoms with van der Waals surface area (Å²) in [5.41, 5.74) is 12.0. The van der Waals surface area contributed by atoms with Crippen molar-refractivity contribution in [2.45, 2.75) is 13.8 Å². The van der Waals surface area contributed by atoms with Gasteiger partial charge in [0.15, 0.2) is 0 Å². The quantitative estimate of drug-likeness (QED) is 0.208. The van der Waals surface area contributed by atoms with Crippen LogP contribution in [0.1, 0.15) is 22.3 Å². The monoisotopic (exact) mass is 537 g/mol. The normalized spacial score (nSPS) is 10.8. The molecule has 0 saturated heterocycles. The van der Waals surface area contributed by atoms with E-state index in [2.05, 4.69) is 144 Å². The predicted octanol–water partition coefficient (Wildman–Crippen LogP) is 6.93. The fraction of sp³-hybridized carbons (Fsp3) is 0.0541. The summed E-state index contributed by atoms with van der Waals surface area (Å²) < 4.78 is 0. The van der Waals surface area contributed by atoms with Crippen molar-refractivity contribution in [3.05, 3.63) is 138 Å². The molecule has 0 aliphatic carbocycles. The summed E-state index contributed by atoms with van der Waals surface area (Å²) in [6.45, 7) is 4.19. The number of benzene rings is 5. The van der Waals surface area contributed by atoms with Crippen LogP contribution < -0.4 is 0 Å². The van der Waals surface area contributed by atoms with Crippen LogP contribution in [0, 0.1) is 13.8 Å². The van der Waals surface area contributed by atoms with Crippen LogP contribution in [-0.2, 0) is 0 Å². The third-order valence-electron chi connectivity index (χ3n) is 7.36. The van der Waals surface area contributed by atoms with Gasteiger partial charge in [-0.15, -0.1) is 0 Å². The molecule has 6 aromatic rings. The standard InChI is InChI=1S/C37H29B2N3/c1-24-19-25(2)21-34(20-24)37-41-35(32-15-11-30(12-16-32)28-7-3-26(22-38)4-8-28)40-36(42-37)33-17-13-31(14-18-33)29-9-5-27(23-39)6-10-29/h3-23,38-39H,1-2H3. The molecule has 42 heavy (non-hydrogen) atoms. The van der Waals surface area contributed by atoms with E-state index >= 15 is 0 Å². The van der Waals surface area contributed by atoms with Gasteiger partial charge in [0.25, 0.3) is 0 Å². The van der Waals surface area contributed by atoms with Gasteiger partial charge in [-0.05, 0) is 26.0 Å². The van der Waals surface area contributed by atoms with Crippen molar-refractivity contribution in [1.29, 1.82) is 0 Å². The second-order valence-corrected chi connectivity index (χ2v) is 10.5. The molecular formula is C37H29B2N3. The Kier molecular flexibility index (Phi) is 7.66. The minimum absolute atomic E-state index is 0.645. The van der Waals surface area contributed by atoms with E-state index in [0.29, 0.717) is 17.5 Å². The third kappa shape index (κ3) is 5.87. The summed E-state index contributed by atoms with van der Waals surface area (Å²) in [6, 6.07) is 40.0. The Bertz CT molecular complexity index is 1760. The first-order valence-corrected chi connectivity index (χ1v) is 14.0. The zero-order valence-electron chi connectivity index (χ0n) is 23.9. The Labute approximate surface area is 249 Å². The van der Waals surface area contributed by atoms with Crippen LogP contribution in [0.25, 0.3) is 56.4 Å². The van der Waals surface area contributed by atoms with Gasteiger partial charge in [0.2, 0.25) is 0 Å². The van der Waals surface area contributed by atoms with Crippen LogP contribution in [0.3, 0.4) is 0 Å². The molecule has 0 aliphatic rings. The fourth-order valence-corrected chi connectivity index (χ4v) is 5.11. The van der Waals surface area contributed by atoms with E-state index in [0.717, 1.165) is 50.1 Å². The molecule has 0 radical (unpaired) electrons. The second-order valence-electron chi connectivity index (χ2n) is 10.5. The van der Waals surface area contributed by atoms with E-state index in [4.69, 9.17) is 15.0 Å². The average Bonchev–Trinajstić information content (AvgIpc) is 3.04. The van der Waals surface area contributed by atoms with E-state index in [1.54, 1.807) is 0 Å². The number of rotatable bonds is 7. The molecule has 0 aliphatic heterocycles. The number of hydrogen-bond acceptors (Lipinski definition) is 3. The van der Waals surface area contributed by atoms with Gasteiger partial charge in [-0.25, -0.2) is 0 Å². The maximum atomic E-state index is 4.95. The molecule has 0 bridgehead atoms. The summed E-state index contributed by atoms with van der Waals surface area (Å²) in [6.07, 6.45) is 0. The van der Waals surface area contributed by atoms with Crippen LogP contribution in [0.5, 0.6) is 0 Å². The molecule has 0 atom stereocenters. The van der Waals surface area contributed by atoms with Crippen molar-refractivity contribution in [3.63, 3.8) is 0 Å². The second kappa shape index (κ2) is 11.8. The van der Waals surface area contributed by atoms with E-state index in [1.165, 1.54) is 11.1 Å². The Morgan fingerprint density at radius 1 is 0.381 bits per heavy atom. The summed E-state index contributed by atoms with van der Waals surface area (Å²) in [4.78, 5) is 14.8. The molecule has 0 spiro atoms. The summed E-state index contributed by atoms with van der Waals surface area (Å²) in [5, 5.41) is 0. The van der Waals surface area contributed by atoms with Gasteiger partial charge in [-0.1, -0.05) is 17.2 Å². The number of aryl methyl sites for hydroxylation is 2. The zero-order valence-corrected chi connectivity index (χ0v) is 23.9.